The molecule has 8 nitrogen and oxygen atoms in total. The molecule has 3 N–H and O–H groups in total. The van der Waals surface area contributed by atoms with Crippen LogP contribution in [0.4, 0.5) is 0 Å². The Morgan fingerprint density at radius 1 is 0.833 bits per heavy atom. The fourth-order valence-electron chi connectivity index (χ4n) is 3.54. The van der Waals surface area contributed by atoms with E-state index in [9.17, 15) is 19.5 Å². The number of aliphatic carboxylic acids is 3. The first-order valence-corrected chi connectivity index (χ1v) is 8.34. The normalized spacial score (nSPS) is 21.4. The van der Waals surface area contributed by atoms with Crippen LogP contribution in [0.5, 0.6) is 0 Å². The molecule has 2 atom stereocenters. The largest absolute Gasteiger partial charge is 0.480 e. The predicted molar refractivity (Wildman–Crippen MR) is 86.9 cm³/mol. The summed E-state index contributed by atoms with van der Waals surface area (Å²) < 4.78 is 0. The molecule has 0 amide bonds. The second-order valence-corrected chi connectivity index (χ2v) is 6.83. The molecule has 0 saturated heterocycles. The van der Waals surface area contributed by atoms with Crippen LogP contribution in [0.25, 0.3) is 0 Å². The van der Waals surface area contributed by atoms with E-state index in [0.29, 0.717) is 13.0 Å². The summed E-state index contributed by atoms with van der Waals surface area (Å²) in [5, 5.41) is 27.4. The van der Waals surface area contributed by atoms with Gasteiger partial charge in [0.1, 0.15) is 0 Å². The van der Waals surface area contributed by atoms with Gasteiger partial charge in [0.25, 0.3) is 0 Å². The van der Waals surface area contributed by atoms with Crippen molar-refractivity contribution in [2.24, 2.45) is 5.92 Å². The molecule has 1 saturated carbocycles. The highest BCUT2D eigenvalue weighted by atomic mass is 16.4. The van der Waals surface area contributed by atoms with E-state index >= 15 is 0 Å². The highest BCUT2D eigenvalue weighted by Crippen LogP contribution is 2.28. The van der Waals surface area contributed by atoms with Crippen LogP contribution in [0.2, 0.25) is 0 Å². The second-order valence-electron chi connectivity index (χ2n) is 6.83. The molecule has 2 unspecified atom stereocenters. The van der Waals surface area contributed by atoms with Crippen LogP contribution in [-0.2, 0) is 14.4 Å². The van der Waals surface area contributed by atoms with Crippen molar-refractivity contribution in [3.05, 3.63) is 0 Å². The molecule has 0 aromatic rings. The summed E-state index contributed by atoms with van der Waals surface area (Å²) in [4.78, 5) is 36.8. The minimum atomic E-state index is -1.07. The third-order valence-electron chi connectivity index (χ3n) is 4.25. The predicted octanol–water partition coefficient (Wildman–Crippen LogP) is 0.811. The highest BCUT2D eigenvalue weighted by molar-refractivity contribution is 5.72. The van der Waals surface area contributed by atoms with Gasteiger partial charge in [0, 0.05) is 18.6 Å². The van der Waals surface area contributed by atoms with Gasteiger partial charge in [-0.25, -0.2) is 0 Å². The Morgan fingerprint density at radius 3 is 1.58 bits per heavy atom. The zero-order valence-electron chi connectivity index (χ0n) is 14.3. The van der Waals surface area contributed by atoms with E-state index < -0.39 is 17.9 Å². The Morgan fingerprint density at radius 2 is 1.21 bits per heavy atom. The number of rotatable bonds is 10. The summed E-state index contributed by atoms with van der Waals surface area (Å²) in [6, 6.07) is -0.403. The Hall–Kier alpha value is -1.67. The molecule has 0 heterocycles. The number of nitrogens with zero attached hydrogens (tertiary/aromatic N) is 2. The summed E-state index contributed by atoms with van der Waals surface area (Å²) in [6.45, 7) is 3.76. The van der Waals surface area contributed by atoms with Crippen molar-refractivity contribution in [3.8, 4) is 0 Å². The first kappa shape index (κ1) is 20.4. The molecule has 0 radical (unpaired) electrons. The quantitative estimate of drug-likeness (QED) is 0.533. The Bertz CT molecular complexity index is 438. The van der Waals surface area contributed by atoms with Crippen molar-refractivity contribution < 1.29 is 29.7 Å². The van der Waals surface area contributed by atoms with Crippen molar-refractivity contribution in [2.45, 2.75) is 51.6 Å². The molecule has 1 rings (SSSR count). The lowest BCUT2D eigenvalue weighted by molar-refractivity contribution is -0.146. The van der Waals surface area contributed by atoms with Gasteiger partial charge >= 0.3 is 17.9 Å². The van der Waals surface area contributed by atoms with Crippen LogP contribution < -0.4 is 0 Å². The SMILES string of the molecule is CC(C)CN(CC(=O)O)C1CCCCC1N(CC(=O)O)CC(=O)O. The average Bonchev–Trinajstić information content (AvgIpc) is 2.44. The van der Waals surface area contributed by atoms with Crippen molar-refractivity contribution in [1.82, 2.24) is 9.80 Å². The summed E-state index contributed by atoms with van der Waals surface area (Å²) in [5.41, 5.74) is 0. The monoisotopic (exact) mass is 344 g/mol. The van der Waals surface area contributed by atoms with E-state index in [0.717, 1.165) is 19.3 Å². The first-order chi connectivity index (χ1) is 11.2. The van der Waals surface area contributed by atoms with Gasteiger partial charge in [-0.3, -0.25) is 24.2 Å². The number of carboxylic acids is 3. The molecule has 24 heavy (non-hydrogen) atoms. The van der Waals surface area contributed by atoms with Gasteiger partial charge in [-0.1, -0.05) is 26.7 Å². The molecule has 0 aromatic heterocycles. The fraction of sp³-hybridized carbons (Fsp3) is 0.812. The lowest BCUT2D eigenvalue weighted by Gasteiger charge is -2.44. The standard InChI is InChI=1S/C16H28N2O6/c1-11(2)7-17(8-14(19)20)12-5-3-4-6-13(12)18(9-15(21)22)10-16(23)24/h11-13H,3-10H2,1-2H3,(H,19,20)(H,21,22)(H,23,24). The van der Waals surface area contributed by atoms with E-state index in [1.165, 1.54) is 4.90 Å². The van der Waals surface area contributed by atoms with Gasteiger partial charge in [0.05, 0.1) is 19.6 Å². The molecule has 1 fully saturated rings. The molecule has 0 bridgehead atoms. The lowest BCUT2D eigenvalue weighted by Crippen LogP contribution is -2.57. The lowest BCUT2D eigenvalue weighted by atomic mass is 9.87. The average molecular weight is 344 g/mol. The topological polar surface area (TPSA) is 118 Å². The third kappa shape index (κ3) is 6.84. The maximum absolute atomic E-state index is 11.2. The summed E-state index contributed by atoms with van der Waals surface area (Å²) in [6.07, 6.45) is 3.25. The van der Waals surface area contributed by atoms with E-state index in [1.54, 1.807) is 0 Å². The van der Waals surface area contributed by atoms with Gasteiger partial charge in [0.2, 0.25) is 0 Å². The highest BCUT2D eigenvalue weighted by Gasteiger charge is 2.36. The minimum Gasteiger partial charge on any atom is -0.480 e. The van der Waals surface area contributed by atoms with Gasteiger partial charge in [-0.05, 0) is 18.8 Å². The maximum atomic E-state index is 11.2. The zero-order valence-corrected chi connectivity index (χ0v) is 14.3. The number of carbonyl (C=O) groups is 3. The summed E-state index contributed by atoms with van der Waals surface area (Å²) in [7, 11) is 0. The van der Waals surface area contributed by atoms with Crippen LogP contribution in [0.15, 0.2) is 0 Å². The summed E-state index contributed by atoms with van der Waals surface area (Å²) >= 11 is 0. The van der Waals surface area contributed by atoms with Crippen molar-refractivity contribution in [2.75, 3.05) is 26.2 Å². The number of hydrogen-bond donors (Lipinski definition) is 3. The maximum Gasteiger partial charge on any atom is 0.317 e. The van der Waals surface area contributed by atoms with Crippen LogP contribution in [0, 0.1) is 5.92 Å². The van der Waals surface area contributed by atoms with Gasteiger partial charge in [-0.15, -0.1) is 0 Å². The van der Waals surface area contributed by atoms with Crippen LogP contribution in [0.3, 0.4) is 0 Å². The van der Waals surface area contributed by atoms with Gasteiger partial charge in [0.15, 0.2) is 0 Å². The van der Waals surface area contributed by atoms with Crippen LogP contribution in [-0.4, -0.2) is 81.3 Å². The molecule has 0 spiro atoms. The summed E-state index contributed by atoms with van der Waals surface area (Å²) in [5.74, 6) is -2.81. The van der Waals surface area contributed by atoms with E-state index in [1.807, 2.05) is 18.7 Å². The molecule has 138 valence electrons. The van der Waals surface area contributed by atoms with Crippen molar-refractivity contribution in [1.29, 1.82) is 0 Å². The Balaban J connectivity index is 3.01. The third-order valence-corrected chi connectivity index (χ3v) is 4.25. The van der Waals surface area contributed by atoms with Gasteiger partial charge in [-0.2, -0.15) is 0 Å². The zero-order chi connectivity index (χ0) is 18.3. The van der Waals surface area contributed by atoms with Gasteiger partial charge < -0.3 is 15.3 Å². The molecule has 1 aliphatic carbocycles. The number of carboxylic acid groups (broad SMARTS) is 3. The Labute approximate surface area is 142 Å². The van der Waals surface area contributed by atoms with E-state index in [4.69, 9.17) is 10.2 Å². The fourth-order valence-corrected chi connectivity index (χ4v) is 3.54. The van der Waals surface area contributed by atoms with Crippen molar-refractivity contribution >= 4 is 17.9 Å². The van der Waals surface area contributed by atoms with Crippen molar-refractivity contribution in [3.63, 3.8) is 0 Å². The molecular weight excluding hydrogens is 316 g/mol. The van der Waals surface area contributed by atoms with Crippen LogP contribution >= 0.6 is 0 Å². The smallest absolute Gasteiger partial charge is 0.317 e. The van der Waals surface area contributed by atoms with E-state index in [-0.39, 0.29) is 37.6 Å². The van der Waals surface area contributed by atoms with Crippen LogP contribution in [0.1, 0.15) is 39.5 Å². The second kappa shape index (κ2) is 9.58. The van der Waals surface area contributed by atoms with E-state index in [2.05, 4.69) is 0 Å². The minimum absolute atomic E-state index is 0.118. The first-order valence-electron chi connectivity index (χ1n) is 8.34. The molecule has 0 aromatic carbocycles. The molecule has 8 heteroatoms. The molecule has 1 aliphatic rings. The Kier molecular flexibility index (Phi) is 8.14. The number of hydrogen-bond acceptors (Lipinski definition) is 5. The molecular formula is C16H28N2O6. The molecule has 0 aliphatic heterocycles.